The second-order valence-corrected chi connectivity index (χ2v) is 6.77. The lowest BCUT2D eigenvalue weighted by Crippen LogP contribution is -2.40. The van der Waals surface area contributed by atoms with Crippen molar-refractivity contribution < 1.29 is 13.5 Å². The number of nitrogens with one attached hydrogen (secondary N) is 1. The summed E-state index contributed by atoms with van der Waals surface area (Å²) in [6.45, 7) is 9.46. The Hall–Kier alpha value is -1.17. The number of hydrogen-bond acceptors (Lipinski definition) is 3. The van der Waals surface area contributed by atoms with Gasteiger partial charge >= 0.3 is 0 Å². The quantitative estimate of drug-likeness (QED) is 0.759. The molecule has 1 rings (SSSR count). The summed E-state index contributed by atoms with van der Waals surface area (Å²) in [5, 5.41) is 9.41. The Kier molecular flexibility index (Phi) is 5.92. The minimum Gasteiger partial charge on any atom is -0.394 e. The molecule has 0 fully saturated rings. The molecule has 1 aromatic carbocycles. The van der Waals surface area contributed by atoms with Gasteiger partial charge in [0, 0.05) is 0 Å². The monoisotopic (exact) mass is 297 g/mol. The topological polar surface area (TPSA) is 66.4 Å². The van der Waals surface area contributed by atoms with Gasteiger partial charge < -0.3 is 5.11 Å². The Bertz CT molecular complexity index is 549. The smallest absolute Gasteiger partial charge is 0.241 e. The van der Waals surface area contributed by atoms with Crippen molar-refractivity contribution in [3.05, 3.63) is 42.0 Å². The first-order valence-corrected chi connectivity index (χ1v) is 8.18. The van der Waals surface area contributed by atoms with Crippen LogP contribution in [-0.2, 0) is 10.0 Å². The van der Waals surface area contributed by atoms with Crippen molar-refractivity contribution in [1.29, 1.82) is 0 Å². The van der Waals surface area contributed by atoms with E-state index in [2.05, 4.69) is 11.3 Å². The molecule has 0 spiro atoms. The summed E-state index contributed by atoms with van der Waals surface area (Å²) in [4.78, 5) is 0.193. The van der Waals surface area contributed by atoms with Crippen molar-refractivity contribution in [1.82, 2.24) is 4.72 Å². The zero-order chi connectivity index (χ0) is 15.3. The Morgan fingerprint density at radius 1 is 1.35 bits per heavy atom. The van der Waals surface area contributed by atoms with Crippen LogP contribution in [0.1, 0.15) is 25.8 Å². The molecule has 2 unspecified atom stereocenters. The molecule has 5 heteroatoms. The fourth-order valence-corrected chi connectivity index (χ4v) is 3.04. The van der Waals surface area contributed by atoms with Gasteiger partial charge in [0.1, 0.15) is 0 Å². The SMILES string of the molecule is C=C(C(C)CC)C(CO)NS(=O)(=O)c1ccc(C)cc1. The summed E-state index contributed by atoms with van der Waals surface area (Å²) in [7, 11) is -3.65. The Morgan fingerprint density at radius 2 is 1.90 bits per heavy atom. The molecule has 0 radical (unpaired) electrons. The van der Waals surface area contributed by atoms with Gasteiger partial charge in [0.15, 0.2) is 0 Å². The number of benzene rings is 1. The Balaban J connectivity index is 2.93. The third-order valence-electron chi connectivity index (χ3n) is 3.50. The number of aliphatic hydroxyl groups excluding tert-OH is 1. The first-order valence-electron chi connectivity index (χ1n) is 6.70. The molecule has 0 bridgehead atoms. The Labute approximate surface area is 121 Å². The minimum atomic E-state index is -3.65. The summed E-state index contributed by atoms with van der Waals surface area (Å²) in [6, 6.07) is 5.94. The van der Waals surface area contributed by atoms with Gasteiger partial charge in [-0.05, 0) is 31.4 Å². The molecule has 20 heavy (non-hydrogen) atoms. The number of hydrogen-bond donors (Lipinski definition) is 2. The van der Waals surface area contributed by atoms with E-state index >= 15 is 0 Å². The molecule has 0 aliphatic rings. The third kappa shape index (κ3) is 4.16. The van der Waals surface area contributed by atoms with Crippen LogP contribution < -0.4 is 4.72 Å². The third-order valence-corrected chi connectivity index (χ3v) is 4.99. The van der Waals surface area contributed by atoms with E-state index in [9.17, 15) is 13.5 Å². The predicted molar refractivity (Wildman–Crippen MR) is 81.0 cm³/mol. The van der Waals surface area contributed by atoms with E-state index in [1.54, 1.807) is 24.3 Å². The highest BCUT2D eigenvalue weighted by atomic mass is 32.2. The first-order chi connectivity index (χ1) is 9.31. The standard InChI is InChI=1S/C15H23NO3S/c1-5-12(3)13(4)15(10-17)16-20(18,19)14-8-6-11(2)7-9-14/h6-9,12,15-17H,4-5,10H2,1-3H3. The van der Waals surface area contributed by atoms with E-state index in [0.29, 0.717) is 5.57 Å². The maximum Gasteiger partial charge on any atom is 0.241 e. The lowest BCUT2D eigenvalue weighted by atomic mass is 9.95. The van der Waals surface area contributed by atoms with Crippen molar-refractivity contribution in [2.75, 3.05) is 6.61 Å². The van der Waals surface area contributed by atoms with E-state index in [-0.39, 0.29) is 17.4 Å². The molecule has 2 N–H and O–H groups in total. The molecule has 4 nitrogen and oxygen atoms in total. The van der Waals surface area contributed by atoms with Gasteiger partial charge in [-0.3, -0.25) is 0 Å². The fourth-order valence-electron chi connectivity index (χ4n) is 1.81. The van der Waals surface area contributed by atoms with Gasteiger partial charge in [-0.25, -0.2) is 13.1 Å². The van der Waals surface area contributed by atoms with Gasteiger partial charge in [0.2, 0.25) is 10.0 Å². The lowest BCUT2D eigenvalue weighted by molar-refractivity contribution is 0.265. The van der Waals surface area contributed by atoms with Crippen molar-refractivity contribution in [2.24, 2.45) is 5.92 Å². The zero-order valence-corrected chi connectivity index (χ0v) is 13.1. The van der Waals surface area contributed by atoms with Crippen LogP contribution in [0.5, 0.6) is 0 Å². The van der Waals surface area contributed by atoms with E-state index in [1.165, 1.54) is 0 Å². The number of aryl methyl sites for hydroxylation is 1. The van der Waals surface area contributed by atoms with Crippen LogP contribution in [0.15, 0.2) is 41.3 Å². The average Bonchev–Trinajstić information content (AvgIpc) is 2.43. The average molecular weight is 297 g/mol. The van der Waals surface area contributed by atoms with Gasteiger partial charge in [-0.2, -0.15) is 0 Å². The highest BCUT2D eigenvalue weighted by Crippen LogP contribution is 2.18. The van der Waals surface area contributed by atoms with Crippen LogP contribution in [0.3, 0.4) is 0 Å². The van der Waals surface area contributed by atoms with Gasteiger partial charge in [0.25, 0.3) is 0 Å². The predicted octanol–water partition coefficient (Wildman–Crippen LogP) is 2.24. The number of sulfonamides is 1. The normalized spacial score (nSPS) is 14.8. The van der Waals surface area contributed by atoms with E-state index in [0.717, 1.165) is 12.0 Å². The van der Waals surface area contributed by atoms with E-state index in [1.807, 2.05) is 20.8 Å². The molecule has 1 aromatic rings. The van der Waals surface area contributed by atoms with Gasteiger partial charge in [-0.15, -0.1) is 0 Å². The minimum absolute atomic E-state index is 0.146. The highest BCUT2D eigenvalue weighted by molar-refractivity contribution is 7.89. The molecule has 0 saturated heterocycles. The molecule has 0 aromatic heterocycles. The molecular weight excluding hydrogens is 274 g/mol. The molecule has 112 valence electrons. The first kappa shape index (κ1) is 16.9. The van der Waals surface area contributed by atoms with E-state index < -0.39 is 16.1 Å². The molecule has 0 aliphatic carbocycles. The van der Waals surface area contributed by atoms with Crippen molar-refractivity contribution in [2.45, 2.75) is 38.1 Å². The molecule has 0 aliphatic heterocycles. The molecule has 2 atom stereocenters. The molecule has 0 amide bonds. The van der Waals surface area contributed by atoms with Crippen LogP contribution in [0, 0.1) is 12.8 Å². The summed E-state index contributed by atoms with van der Waals surface area (Å²) in [6.07, 6.45) is 0.849. The van der Waals surface area contributed by atoms with Crippen LogP contribution in [0.25, 0.3) is 0 Å². The van der Waals surface area contributed by atoms with E-state index in [4.69, 9.17) is 0 Å². The van der Waals surface area contributed by atoms with Crippen molar-refractivity contribution in [3.63, 3.8) is 0 Å². The fraction of sp³-hybridized carbons (Fsp3) is 0.467. The summed E-state index contributed by atoms with van der Waals surface area (Å²) in [5.41, 5.74) is 1.69. The maximum atomic E-state index is 12.3. The number of aliphatic hydroxyl groups is 1. The van der Waals surface area contributed by atoms with Crippen molar-refractivity contribution >= 4 is 10.0 Å². The highest BCUT2D eigenvalue weighted by Gasteiger charge is 2.23. The summed E-state index contributed by atoms with van der Waals surface area (Å²) in [5.74, 6) is 0.146. The van der Waals surface area contributed by atoms with Crippen molar-refractivity contribution in [3.8, 4) is 0 Å². The zero-order valence-electron chi connectivity index (χ0n) is 12.3. The largest absolute Gasteiger partial charge is 0.394 e. The van der Waals surface area contributed by atoms with Gasteiger partial charge in [-0.1, -0.05) is 43.7 Å². The summed E-state index contributed by atoms with van der Waals surface area (Å²) >= 11 is 0. The molecule has 0 heterocycles. The van der Waals surface area contributed by atoms with Gasteiger partial charge in [0.05, 0.1) is 17.5 Å². The Morgan fingerprint density at radius 3 is 2.35 bits per heavy atom. The second-order valence-electron chi connectivity index (χ2n) is 5.05. The van der Waals surface area contributed by atoms with Crippen LogP contribution in [-0.4, -0.2) is 26.2 Å². The summed E-state index contributed by atoms with van der Waals surface area (Å²) < 4.78 is 27.0. The number of rotatable bonds is 7. The maximum absolute atomic E-state index is 12.3. The van der Waals surface area contributed by atoms with Crippen LogP contribution in [0.4, 0.5) is 0 Å². The lowest BCUT2D eigenvalue weighted by Gasteiger charge is -2.23. The second kappa shape index (κ2) is 7.02. The molecule has 0 saturated carbocycles. The van der Waals surface area contributed by atoms with Crippen LogP contribution >= 0.6 is 0 Å². The molecular formula is C15H23NO3S. The van der Waals surface area contributed by atoms with Crippen LogP contribution in [0.2, 0.25) is 0 Å².